The summed E-state index contributed by atoms with van der Waals surface area (Å²) in [6.07, 6.45) is 7.14. The van der Waals surface area contributed by atoms with Crippen molar-refractivity contribution in [3.8, 4) is 17.0 Å². The number of halogens is 2. The summed E-state index contributed by atoms with van der Waals surface area (Å²) in [5.41, 5.74) is 1.81. The number of phenols is 1. The van der Waals surface area contributed by atoms with E-state index in [0.29, 0.717) is 38.4 Å². The fourth-order valence-corrected chi connectivity index (χ4v) is 5.09. The summed E-state index contributed by atoms with van der Waals surface area (Å²) in [5.74, 6) is -4.96. The molecule has 4 N–H and O–H groups in total. The van der Waals surface area contributed by atoms with Crippen molar-refractivity contribution >= 4 is 32.7 Å². The van der Waals surface area contributed by atoms with Crippen LogP contribution in [0, 0.1) is 11.7 Å². The minimum atomic E-state index is -3.88. The van der Waals surface area contributed by atoms with Crippen LogP contribution in [0.2, 0.25) is 0 Å². The van der Waals surface area contributed by atoms with Gasteiger partial charge in [0.05, 0.1) is 22.9 Å². The van der Waals surface area contributed by atoms with E-state index in [-0.39, 0.29) is 18.1 Å². The molecule has 2 heterocycles. The average molecular weight is 547 g/mol. The number of fused-ring (bicyclic) bond motifs is 1. The van der Waals surface area contributed by atoms with Gasteiger partial charge in [0, 0.05) is 32.1 Å². The lowest BCUT2D eigenvalue weighted by Crippen LogP contribution is -2.51. The Morgan fingerprint density at radius 1 is 1.29 bits per heavy atom. The topological polar surface area (TPSA) is 140 Å². The van der Waals surface area contributed by atoms with Crippen LogP contribution in [-0.2, 0) is 16.4 Å². The van der Waals surface area contributed by atoms with Crippen LogP contribution in [0.5, 0.6) is 5.75 Å². The largest absolute Gasteiger partial charge is 0.505 e. The maximum Gasteiger partial charge on any atom is 0.272 e. The number of anilines is 1. The summed E-state index contributed by atoms with van der Waals surface area (Å²) in [6, 6.07) is 4.10. The number of carbonyl (C=O) groups is 1. The Morgan fingerprint density at radius 2 is 2.03 bits per heavy atom. The molecule has 202 valence electrons. The lowest BCUT2D eigenvalue weighted by atomic mass is 9.92. The molecule has 1 amide bonds. The molecule has 3 aromatic rings. The summed E-state index contributed by atoms with van der Waals surface area (Å²) < 4.78 is 55.4. The first-order chi connectivity index (χ1) is 17.9. The van der Waals surface area contributed by atoms with Crippen LogP contribution < -0.4 is 10.6 Å². The van der Waals surface area contributed by atoms with E-state index in [4.69, 9.17) is 0 Å². The predicted molar refractivity (Wildman–Crippen MR) is 140 cm³/mol. The molecule has 2 aromatic heterocycles. The highest BCUT2D eigenvalue weighted by Gasteiger charge is 2.44. The van der Waals surface area contributed by atoms with Gasteiger partial charge in [0.15, 0.2) is 17.3 Å². The second kappa shape index (κ2) is 10.1. The van der Waals surface area contributed by atoms with Gasteiger partial charge in [-0.15, -0.1) is 0 Å². The van der Waals surface area contributed by atoms with E-state index >= 15 is 4.39 Å². The van der Waals surface area contributed by atoms with Crippen molar-refractivity contribution in [1.29, 1.82) is 0 Å². The number of hydrogen-bond acceptors (Lipinski definition) is 7. The van der Waals surface area contributed by atoms with Crippen molar-refractivity contribution in [2.45, 2.75) is 19.1 Å². The van der Waals surface area contributed by atoms with Crippen molar-refractivity contribution in [2.24, 2.45) is 5.92 Å². The molecule has 10 nitrogen and oxygen atoms in total. The summed E-state index contributed by atoms with van der Waals surface area (Å²) >= 11 is 0. The van der Waals surface area contributed by atoms with Crippen molar-refractivity contribution in [1.82, 2.24) is 24.8 Å². The monoisotopic (exact) mass is 546 g/mol. The molecule has 0 fully saturated rings. The van der Waals surface area contributed by atoms with Gasteiger partial charge in [-0.1, -0.05) is 25.2 Å². The second-order valence-corrected chi connectivity index (χ2v) is 10.9. The van der Waals surface area contributed by atoms with Crippen LogP contribution in [0.15, 0.2) is 42.5 Å². The number of pyridine rings is 1. The fourth-order valence-electron chi connectivity index (χ4n) is 4.39. The molecule has 2 atom stereocenters. The number of phenolic OH excluding ortho intramolecular Hbond substituents is 1. The Labute approximate surface area is 218 Å². The number of allylic oxidation sites excluding steroid dienone is 2. The first-order valence-electron chi connectivity index (χ1n) is 11.8. The Bertz CT molecular complexity index is 1570. The number of carbonyl (C=O) groups excluding carboxylic acids is 1. The summed E-state index contributed by atoms with van der Waals surface area (Å²) in [4.78, 5) is 17.1. The Balaban J connectivity index is 1.82. The molecule has 0 spiro atoms. The number of hydrogen-bond donors (Lipinski definition) is 4. The zero-order valence-corrected chi connectivity index (χ0v) is 22.0. The predicted octanol–water partition coefficient (Wildman–Crippen LogP) is 3.10. The van der Waals surface area contributed by atoms with Crippen molar-refractivity contribution in [2.75, 3.05) is 32.2 Å². The Hall–Kier alpha value is -3.84. The Morgan fingerprint density at radius 3 is 2.68 bits per heavy atom. The Kier molecular flexibility index (Phi) is 7.26. The summed E-state index contributed by atoms with van der Waals surface area (Å²) in [7, 11) is -1.27. The van der Waals surface area contributed by atoms with Gasteiger partial charge in [0.25, 0.3) is 5.91 Å². The van der Waals surface area contributed by atoms with Crippen LogP contribution in [0.3, 0.4) is 0 Å². The molecule has 4 rings (SSSR count). The van der Waals surface area contributed by atoms with Gasteiger partial charge in [-0.25, -0.2) is 22.2 Å². The van der Waals surface area contributed by atoms with Gasteiger partial charge < -0.3 is 15.7 Å². The molecule has 1 aliphatic rings. The number of H-pyrrole nitrogens is 1. The molecule has 0 bridgehead atoms. The molecular formula is C25H28F2N6O4S. The first kappa shape index (κ1) is 27.2. The molecular weight excluding hydrogens is 518 g/mol. The number of amides is 1. The number of aryl methyl sites for hydroxylation is 1. The standard InChI is InChI=1S/C25H28F2N6O4S/c1-5-14-10-20(34)17(26)11-16(14)18-12-19-21(22(32-31-19)24(35)28-2)23(30-18)29-13-15-8-6-7-9-25(15,27)33(3)38(4,36)37/h6-12,15,34H,5,13H2,1-4H3,(H,28,35)(H,29,30)(H,31,32). The maximum absolute atomic E-state index is 16.1. The van der Waals surface area contributed by atoms with Crippen LogP contribution in [0.4, 0.5) is 14.6 Å². The third-order valence-electron chi connectivity index (χ3n) is 6.59. The normalized spacial score (nSPS) is 19.3. The van der Waals surface area contributed by atoms with E-state index in [2.05, 4.69) is 25.8 Å². The molecule has 0 saturated heterocycles. The van der Waals surface area contributed by atoms with Crippen molar-refractivity contribution in [3.63, 3.8) is 0 Å². The second-order valence-electron chi connectivity index (χ2n) is 8.93. The van der Waals surface area contributed by atoms with Gasteiger partial charge in [0.2, 0.25) is 15.8 Å². The van der Waals surface area contributed by atoms with E-state index < -0.39 is 39.2 Å². The number of nitrogens with zero attached hydrogens (tertiary/aromatic N) is 3. The van der Waals surface area contributed by atoms with Gasteiger partial charge in [0.1, 0.15) is 5.82 Å². The number of aromatic nitrogens is 3. The molecule has 0 aliphatic heterocycles. The first-order valence-corrected chi connectivity index (χ1v) is 13.6. The van der Waals surface area contributed by atoms with Crippen LogP contribution in [0.1, 0.15) is 23.0 Å². The lowest BCUT2D eigenvalue weighted by Gasteiger charge is -2.37. The smallest absolute Gasteiger partial charge is 0.272 e. The SMILES string of the molecule is CCc1cc(O)c(F)cc1-c1cc2[nH]nc(C(=O)NC)c2c(NCC2C=CC=CC2(F)N(C)S(C)(=O)=O)n1. The van der Waals surface area contributed by atoms with E-state index in [1.165, 1.54) is 37.4 Å². The zero-order chi connectivity index (χ0) is 27.8. The number of alkyl halides is 1. The minimum absolute atomic E-state index is 0.0375. The van der Waals surface area contributed by atoms with Crippen molar-refractivity contribution in [3.05, 3.63) is 59.6 Å². The molecule has 1 aromatic carbocycles. The summed E-state index contributed by atoms with van der Waals surface area (Å²) in [6.45, 7) is 1.74. The summed E-state index contributed by atoms with van der Waals surface area (Å²) in [5, 5.41) is 22.6. The number of rotatable bonds is 8. The van der Waals surface area contributed by atoms with Crippen LogP contribution >= 0.6 is 0 Å². The quantitative estimate of drug-likeness (QED) is 0.318. The number of benzene rings is 1. The minimum Gasteiger partial charge on any atom is -0.505 e. The highest BCUT2D eigenvalue weighted by atomic mass is 32.2. The van der Waals surface area contributed by atoms with Crippen LogP contribution in [0.25, 0.3) is 22.2 Å². The van der Waals surface area contributed by atoms with Gasteiger partial charge in [-0.2, -0.15) is 9.40 Å². The van der Waals surface area contributed by atoms with E-state index in [1.54, 1.807) is 12.1 Å². The van der Waals surface area contributed by atoms with Gasteiger partial charge in [-0.05, 0) is 36.3 Å². The highest BCUT2D eigenvalue weighted by Crippen LogP contribution is 2.36. The molecule has 13 heteroatoms. The lowest BCUT2D eigenvalue weighted by molar-refractivity contribution is 0.0562. The maximum atomic E-state index is 16.1. The van der Waals surface area contributed by atoms with E-state index in [9.17, 15) is 22.7 Å². The van der Waals surface area contributed by atoms with Crippen molar-refractivity contribution < 1.29 is 27.1 Å². The molecule has 38 heavy (non-hydrogen) atoms. The fraction of sp³-hybridized carbons (Fsp3) is 0.320. The zero-order valence-electron chi connectivity index (χ0n) is 21.2. The third kappa shape index (κ3) is 4.86. The number of nitrogens with one attached hydrogen (secondary N) is 3. The number of aromatic hydroxyl groups is 1. The number of likely N-dealkylation sites (N-methyl/N-ethyl adjacent to an activating group) is 1. The van der Waals surface area contributed by atoms with E-state index in [1.807, 2.05) is 6.92 Å². The van der Waals surface area contributed by atoms with E-state index in [0.717, 1.165) is 13.3 Å². The highest BCUT2D eigenvalue weighted by molar-refractivity contribution is 7.88. The number of sulfonamides is 1. The van der Waals surface area contributed by atoms with Gasteiger partial charge >= 0.3 is 0 Å². The van der Waals surface area contributed by atoms with Crippen LogP contribution in [-0.4, -0.2) is 71.6 Å². The molecule has 1 aliphatic carbocycles. The number of aromatic amines is 1. The molecule has 2 unspecified atom stereocenters. The average Bonchev–Trinajstić information content (AvgIpc) is 3.32. The van der Waals surface area contributed by atoms with Gasteiger partial charge in [-0.3, -0.25) is 9.89 Å². The molecule has 0 saturated carbocycles. The molecule has 0 radical (unpaired) electrons. The third-order valence-corrected chi connectivity index (χ3v) is 7.86.